The van der Waals surface area contributed by atoms with Crippen molar-refractivity contribution in [3.63, 3.8) is 0 Å². The highest BCUT2D eigenvalue weighted by molar-refractivity contribution is 5.94. The van der Waals surface area contributed by atoms with E-state index in [-0.39, 0.29) is 5.91 Å². The van der Waals surface area contributed by atoms with Crippen molar-refractivity contribution in [3.05, 3.63) is 23.8 Å². The maximum absolute atomic E-state index is 12.3. The van der Waals surface area contributed by atoms with Gasteiger partial charge in [-0.25, -0.2) is 0 Å². The first-order chi connectivity index (χ1) is 11.7. The van der Waals surface area contributed by atoms with Crippen LogP contribution in [0.2, 0.25) is 0 Å². The zero-order valence-electron chi connectivity index (χ0n) is 14.7. The van der Waals surface area contributed by atoms with Gasteiger partial charge in [-0.2, -0.15) is 0 Å². The van der Waals surface area contributed by atoms with Gasteiger partial charge in [0.05, 0.1) is 26.9 Å². The summed E-state index contributed by atoms with van der Waals surface area (Å²) < 4.78 is 16.3. The molecule has 1 amide bonds. The van der Waals surface area contributed by atoms with Crippen LogP contribution in [-0.2, 0) is 4.74 Å². The third-order valence-corrected chi connectivity index (χ3v) is 4.00. The summed E-state index contributed by atoms with van der Waals surface area (Å²) in [7, 11) is 1.59. The second kappa shape index (κ2) is 10.2. The molecule has 0 spiro atoms. The number of rotatable bonds is 9. The highest BCUT2D eigenvalue weighted by Crippen LogP contribution is 2.28. The lowest BCUT2D eigenvalue weighted by atomic mass is 10.2. The van der Waals surface area contributed by atoms with Crippen LogP contribution in [0.15, 0.2) is 18.2 Å². The molecule has 1 aliphatic rings. The third-order valence-electron chi connectivity index (χ3n) is 4.00. The smallest absolute Gasteiger partial charge is 0.251 e. The number of ether oxygens (including phenoxy) is 3. The lowest BCUT2D eigenvalue weighted by Crippen LogP contribution is -2.41. The standard InChI is InChI=1S/C18H28N2O4/c1-3-4-11-24-16-6-5-15(14-17(16)22-2)18(21)19-7-8-20-9-12-23-13-10-20/h5-6,14H,3-4,7-13H2,1-2H3,(H,19,21). The average molecular weight is 336 g/mol. The number of carbonyl (C=O) groups is 1. The van der Waals surface area contributed by atoms with Gasteiger partial charge in [-0.3, -0.25) is 9.69 Å². The number of amides is 1. The second-order valence-corrected chi connectivity index (χ2v) is 5.78. The van der Waals surface area contributed by atoms with E-state index >= 15 is 0 Å². The molecule has 6 nitrogen and oxygen atoms in total. The Hall–Kier alpha value is -1.79. The van der Waals surface area contributed by atoms with Crippen molar-refractivity contribution in [1.82, 2.24) is 10.2 Å². The number of methoxy groups -OCH3 is 1. The summed E-state index contributed by atoms with van der Waals surface area (Å²) in [6, 6.07) is 5.30. The van der Waals surface area contributed by atoms with Gasteiger partial charge in [0.25, 0.3) is 5.91 Å². The number of nitrogens with one attached hydrogen (secondary N) is 1. The van der Waals surface area contributed by atoms with Crippen LogP contribution in [0.1, 0.15) is 30.1 Å². The van der Waals surface area contributed by atoms with Gasteiger partial charge in [0.2, 0.25) is 0 Å². The normalized spacial score (nSPS) is 15.1. The number of morpholine rings is 1. The van der Waals surface area contributed by atoms with Crippen LogP contribution >= 0.6 is 0 Å². The van der Waals surface area contributed by atoms with Crippen LogP contribution in [0, 0.1) is 0 Å². The predicted octanol–water partition coefficient (Wildman–Crippen LogP) is 1.94. The van der Waals surface area contributed by atoms with Gasteiger partial charge in [0.1, 0.15) is 0 Å². The Balaban J connectivity index is 1.84. The molecule has 1 fully saturated rings. The Bertz CT molecular complexity index is 516. The van der Waals surface area contributed by atoms with Crippen molar-refractivity contribution in [1.29, 1.82) is 0 Å². The third kappa shape index (κ3) is 5.69. The topological polar surface area (TPSA) is 60.0 Å². The summed E-state index contributed by atoms with van der Waals surface area (Å²) in [5.74, 6) is 1.17. The highest BCUT2D eigenvalue weighted by atomic mass is 16.5. The maximum atomic E-state index is 12.3. The van der Waals surface area contributed by atoms with Gasteiger partial charge in [0, 0.05) is 31.7 Å². The van der Waals surface area contributed by atoms with E-state index in [2.05, 4.69) is 17.1 Å². The van der Waals surface area contributed by atoms with Crippen molar-refractivity contribution < 1.29 is 19.0 Å². The highest BCUT2D eigenvalue weighted by Gasteiger charge is 2.13. The number of unbranched alkanes of at least 4 members (excludes halogenated alkanes) is 1. The van der Waals surface area contributed by atoms with E-state index in [4.69, 9.17) is 14.2 Å². The number of nitrogens with zero attached hydrogens (tertiary/aromatic N) is 1. The quantitative estimate of drug-likeness (QED) is 0.698. The fraction of sp³-hybridized carbons (Fsp3) is 0.611. The van der Waals surface area contributed by atoms with E-state index in [0.29, 0.717) is 30.2 Å². The van der Waals surface area contributed by atoms with Gasteiger partial charge in [-0.15, -0.1) is 0 Å². The molecule has 2 rings (SSSR count). The number of hydrogen-bond donors (Lipinski definition) is 1. The van der Waals surface area contributed by atoms with E-state index in [0.717, 1.165) is 45.7 Å². The minimum Gasteiger partial charge on any atom is -0.493 e. The van der Waals surface area contributed by atoms with Crippen molar-refractivity contribution in [3.8, 4) is 11.5 Å². The van der Waals surface area contributed by atoms with Crippen molar-refractivity contribution in [2.75, 3.05) is 53.1 Å². The molecule has 1 aromatic carbocycles. The van der Waals surface area contributed by atoms with Gasteiger partial charge >= 0.3 is 0 Å². The first-order valence-electron chi connectivity index (χ1n) is 8.63. The summed E-state index contributed by atoms with van der Waals surface area (Å²) in [4.78, 5) is 14.6. The van der Waals surface area contributed by atoms with Gasteiger partial charge < -0.3 is 19.5 Å². The van der Waals surface area contributed by atoms with Crippen LogP contribution in [0.3, 0.4) is 0 Å². The summed E-state index contributed by atoms with van der Waals surface area (Å²) in [5.41, 5.74) is 0.580. The van der Waals surface area contributed by atoms with E-state index in [1.165, 1.54) is 0 Å². The van der Waals surface area contributed by atoms with Gasteiger partial charge in [-0.05, 0) is 24.6 Å². The summed E-state index contributed by atoms with van der Waals surface area (Å²) in [6.07, 6.45) is 2.07. The monoisotopic (exact) mass is 336 g/mol. The predicted molar refractivity (Wildman–Crippen MR) is 93.0 cm³/mol. The molecule has 1 N–H and O–H groups in total. The molecular formula is C18H28N2O4. The zero-order chi connectivity index (χ0) is 17.2. The van der Waals surface area contributed by atoms with Crippen LogP contribution in [0.5, 0.6) is 11.5 Å². The van der Waals surface area contributed by atoms with Crippen molar-refractivity contribution >= 4 is 5.91 Å². The average Bonchev–Trinajstić information content (AvgIpc) is 2.63. The molecule has 0 saturated carbocycles. The lowest BCUT2D eigenvalue weighted by Gasteiger charge is -2.26. The fourth-order valence-electron chi connectivity index (χ4n) is 2.51. The summed E-state index contributed by atoms with van der Waals surface area (Å²) >= 11 is 0. The van der Waals surface area contributed by atoms with Crippen molar-refractivity contribution in [2.45, 2.75) is 19.8 Å². The van der Waals surface area contributed by atoms with Crippen LogP contribution < -0.4 is 14.8 Å². The first kappa shape index (κ1) is 18.5. The Morgan fingerprint density at radius 1 is 1.29 bits per heavy atom. The molecule has 6 heteroatoms. The summed E-state index contributed by atoms with van der Waals surface area (Å²) in [5, 5.41) is 2.95. The van der Waals surface area contributed by atoms with E-state index in [1.54, 1.807) is 25.3 Å². The molecule has 24 heavy (non-hydrogen) atoms. The van der Waals surface area contributed by atoms with Crippen LogP contribution in [-0.4, -0.2) is 63.9 Å². The Kier molecular flexibility index (Phi) is 7.85. The second-order valence-electron chi connectivity index (χ2n) is 5.78. The van der Waals surface area contributed by atoms with E-state index < -0.39 is 0 Å². The molecular weight excluding hydrogens is 308 g/mol. The molecule has 1 heterocycles. The minimum absolute atomic E-state index is 0.0957. The van der Waals surface area contributed by atoms with Crippen LogP contribution in [0.25, 0.3) is 0 Å². The first-order valence-corrected chi connectivity index (χ1v) is 8.63. The SMILES string of the molecule is CCCCOc1ccc(C(=O)NCCN2CCOCC2)cc1OC. The molecule has 0 radical (unpaired) electrons. The molecule has 1 aliphatic heterocycles. The molecule has 0 aromatic heterocycles. The number of benzene rings is 1. The Labute approximate surface area is 144 Å². The van der Waals surface area contributed by atoms with E-state index in [9.17, 15) is 4.79 Å². The largest absolute Gasteiger partial charge is 0.493 e. The van der Waals surface area contributed by atoms with Gasteiger partial charge in [-0.1, -0.05) is 13.3 Å². The molecule has 0 aliphatic carbocycles. The molecule has 134 valence electrons. The molecule has 0 unspecified atom stereocenters. The molecule has 0 atom stereocenters. The van der Waals surface area contributed by atoms with Gasteiger partial charge in [0.15, 0.2) is 11.5 Å². The molecule has 1 aromatic rings. The van der Waals surface area contributed by atoms with Crippen molar-refractivity contribution in [2.24, 2.45) is 0 Å². The molecule has 1 saturated heterocycles. The van der Waals surface area contributed by atoms with E-state index in [1.807, 2.05) is 0 Å². The maximum Gasteiger partial charge on any atom is 0.251 e. The zero-order valence-corrected chi connectivity index (χ0v) is 14.7. The number of carbonyl (C=O) groups excluding carboxylic acids is 1. The Morgan fingerprint density at radius 3 is 2.79 bits per heavy atom. The number of hydrogen-bond acceptors (Lipinski definition) is 5. The van der Waals surface area contributed by atoms with Crippen LogP contribution in [0.4, 0.5) is 0 Å². The fourth-order valence-corrected chi connectivity index (χ4v) is 2.51. The lowest BCUT2D eigenvalue weighted by molar-refractivity contribution is 0.0383. The Morgan fingerprint density at radius 2 is 2.08 bits per heavy atom. The minimum atomic E-state index is -0.0957. The molecule has 0 bridgehead atoms. The summed E-state index contributed by atoms with van der Waals surface area (Å²) in [6.45, 7) is 7.61.